The van der Waals surface area contributed by atoms with Crippen LogP contribution in [-0.4, -0.2) is 5.43 Å². The smallest absolute Gasteiger partial charge is 0.0313 e. The van der Waals surface area contributed by atoms with Gasteiger partial charge < -0.3 is 24.8 Å². The zero-order valence-electron chi connectivity index (χ0n) is 36.0. The van der Waals surface area contributed by atoms with E-state index in [0.29, 0.717) is 0 Å². The molecule has 0 saturated heterocycles. The van der Waals surface area contributed by atoms with E-state index in [1.807, 2.05) is 0 Å². The van der Waals surface area contributed by atoms with Gasteiger partial charge in [0.2, 0.25) is 0 Å². The molecule has 0 heterocycles. The van der Waals surface area contributed by atoms with Crippen LogP contribution >= 0.6 is 0 Å². The molecule has 0 spiro atoms. The van der Waals surface area contributed by atoms with Gasteiger partial charge in [0.25, 0.3) is 0 Å². The second kappa shape index (κ2) is 23.9. The Hall–Kier alpha value is -5.60. The van der Waals surface area contributed by atoms with Gasteiger partial charge >= 0.3 is 41.9 Å². The molecule has 0 radical (unpaired) electrons. The Labute approximate surface area is 408 Å². The van der Waals surface area contributed by atoms with Gasteiger partial charge in [-0.05, 0) is 34.1 Å². The van der Waals surface area contributed by atoms with E-state index in [0.717, 1.165) is 0 Å². The molecule has 0 aromatic heterocycles. The normalized spacial score (nSPS) is 14.9. The molecule has 0 amide bonds. The summed E-state index contributed by atoms with van der Waals surface area (Å²) in [6.45, 7) is 4.62. The molecule has 10 rings (SSSR count). The van der Waals surface area contributed by atoms with Crippen LogP contribution in [0.5, 0.6) is 0 Å². The molecule has 64 heavy (non-hydrogen) atoms. The predicted molar refractivity (Wildman–Crippen MR) is 261 cm³/mol. The van der Waals surface area contributed by atoms with Crippen LogP contribution in [0.1, 0.15) is 56.3 Å². The first-order valence-electron chi connectivity index (χ1n) is 21.3. The van der Waals surface area contributed by atoms with Crippen molar-refractivity contribution in [2.24, 2.45) is 0 Å². The summed E-state index contributed by atoms with van der Waals surface area (Å²) in [5.74, 6) is 0.202. The molecule has 2 aliphatic carbocycles. The second-order valence-corrected chi connectivity index (χ2v) is 24.9. The van der Waals surface area contributed by atoms with Gasteiger partial charge in [0, 0.05) is 0 Å². The molecule has 2 unspecified atom stereocenters. The van der Waals surface area contributed by atoms with E-state index >= 15 is 0 Å². The molecule has 0 nitrogen and oxygen atoms in total. The Morgan fingerprint density at radius 1 is 0.312 bits per heavy atom. The molecule has 0 saturated carbocycles. The van der Waals surface area contributed by atoms with Crippen molar-refractivity contribution in [2.45, 2.75) is 24.9 Å². The minimum absolute atomic E-state index is 0. The van der Waals surface area contributed by atoms with Crippen molar-refractivity contribution in [1.82, 2.24) is 0 Å². The summed E-state index contributed by atoms with van der Waals surface area (Å²) in [7, 11) is 0. The monoisotopic (exact) mass is 956 g/mol. The Morgan fingerprint density at radius 2 is 0.516 bits per heavy atom. The van der Waals surface area contributed by atoms with E-state index in [2.05, 4.69) is 268 Å². The van der Waals surface area contributed by atoms with Crippen LogP contribution in [0.15, 0.2) is 243 Å². The molecular weight excluding hydrogens is 911 g/mol. The first-order chi connectivity index (χ1) is 30.6. The van der Waals surface area contributed by atoms with Crippen molar-refractivity contribution < 1.29 is 48.1 Å². The van der Waals surface area contributed by atoms with Gasteiger partial charge in [0.15, 0.2) is 0 Å². The van der Waals surface area contributed by atoms with Crippen LogP contribution in [0, 0.1) is 12.2 Å². The summed E-state index contributed by atoms with van der Waals surface area (Å²) < 4.78 is 0. The van der Waals surface area contributed by atoms with E-state index in [1.54, 1.807) is 23.3 Å². The van der Waals surface area contributed by atoms with E-state index in [4.69, 9.17) is 0 Å². The summed E-state index contributed by atoms with van der Waals surface area (Å²) in [6, 6.07) is 85.6. The van der Waals surface area contributed by atoms with Gasteiger partial charge in [-0.1, -0.05) is 241 Å². The first-order valence-corrected chi connectivity index (χ1v) is 27.5. The quantitative estimate of drug-likeness (QED) is 0.105. The van der Waals surface area contributed by atoms with Crippen molar-refractivity contribution in [3.63, 3.8) is 0 Å². The van der Waals surface area contributed by atoms with Gasteiger partial charge in [0.05, 0.1) is 0 Å². The molecule has 2 atom stereocenters. The van der Waals surface area contributed by atoms with Crippen molar-refractivity contribution in [3.8, 4) is 0 Å². The van der Waals surface area contributed by atoms with E-state index in [1.165, 1.54) is 77.9 Å². The molecule has 8 aromatic carbocycles. The molecule has 8 aromatic rings. The van der Waals surface area contributed by atoms with Gasteiger partial charge in [-0.3, -0.25) is 0 Å². The van der Waals surface area contributed by atoms with Crippen molar-refractivity contribution in [2.75, 3.05) is 0 Å². The molecule has 4 heteroatoms. The average molecular weight is 959 g/mol. The van der Waals surface area contributed by atoms with E-state index < -0.39 is 0 Å². The Balaban J connectivity index is 0.000000191. The SMILES string of the molecule is C[Si](C)=[Zr+2].[C-]1=C(c2ccccc2)C(c2ccccc2)=C(c2ccccc2)C1c1ccccc1.[C-]1=C(c2ccccc2)C(c2ccccc2)=C(c2ccccc2)C1c1ccccc1.[Cl-].[Cl-]. The maximum Gasteiger partial charge on any atom is -0.0313 e. The van der Waals surface area contributed by atoms with E-state index in [-0.39, 0.29) is 42.1 Å². The second-order valence-electron chi connectivity index (χ2n) is 15.5. The fourth-order valence-corrected chi connectivity index (χ4v) is 8.26. The van der Waals surface area contributed by atoms with Crippen molar-refractivity contribution in [3.05, 3.63) is 299 Å². The van der Waals surface area contributed by atoms with Crippen LogP contribution in [0.3, 0.4) is 0 Å². The molecule has 0 bridgehead atoms. The van der Waals surface area contributed by atoms with Gasteiger partial charge in [0.1, 0.15) is 0 Å². The maximum atomic E-state index is 3.86. The summed E-state index contributed by atoms with van der Waals surface area (Å²) >= 11 is 1.74. The fraction of sp³-hybridized carbons (Fsp3) is 0.0667. The predicted octanol–water partition coefficient (Wildman–Crippen LogP) is 9.36. The van der Waals surface area contributed by atoms with Gasteiger partial charge in [-0.2, -0.15) is 23.3 Å². The van der Waals surface area contributed by atoms with Crippen LogP contribution in [-0.2, 0) is 23.3 Å². The topological polar surface area (TPSA) is 0 Å². The van der Waals surface area contributed by atoms with Crippen LogP contribution < -0.4 is 24.8 Å². The van der Waals surface area contributed by atoms with Crippen LogP contribution in [0.25, 0.3) is 33.4 Å². The molecular formula is C60H48Cl2SiZr-2. The summed E-state index contributed by atoms with van der Waals surface area (Å²) in [6.07, 6.45) is 7.73. The molecule has 2 aliphatic rings. The third-order valence-corrected chi connectivity index (χ3v) is 10.9. The minimum Gasteiger partial charge on any atom is -1.00 e. The molecule has 0 aliphatic heterocycles. The molecule has 0 fully saturated rings. The number of hydrogen-bond donors (Lipinski definition) is 0. The Morgan fingerprint density at radius 3 is 0.766 bits per heavy atom. The standard InChI is InChI=1S/2C29H21.C2H6Si.2ClH.Zr/c2*1-5-13-22(14-6-1)26-21-27(23-15-7-2-8-16-23)29(25-19-11-4-12-20-25)28(26)24-17-9-3-10-18-24;1-3-2;;;/h2*1-20,26H;1-2H3;2*1H;/q2*-1;;;;+2/p-2. The zero-order chi connectivity index (χ0) is 42.5. The summed E-state index contributed by atoms with van der Waals surface area (Å²) in [4.78, 5) is 0. The van der Waals surface area contributed by atoms with Crippen molar-refractivity contribution in [1.29, 1.82) is 0 Å². The first kappa shape index (κ1) is 47.9. The fourth-order valence-electron chi connectivity index (χ4n) is 8.26. The molecule has 0 N–H and O–H groups in total. The van der Waals surface area contributed by atoms with Crippen molar-refractivity contribution >= 4 is 38.9 Å². The Kier molecular flexibility index (Phi) is 17.9. The zero-order valence-corrected chi connectivity index (χ0v) is 41.0. The third-order valence-electron chi connectivity index (χ3n) is 10.9. The number of hydrogen-bond acceptors (Lipinski definition) is 0. The minimum atomic E-state index is 0. The Bertz CT molecular complexity index is 2630. The van der Waals surface area contributed by atoms with E-state index in [9.17, 15) is 0 Å². The van der Waals surface area contributed by atoms with Gasteiger partial charge in [-0.25, -0.2) is 0 Å². The largest absolute Gasteiger partial charge is 1.00 e. The average Bonchev–Trinajstić information content (AvgIpc) is 3.95. The summed E-state index contributed by atoms with van der Waals surface area (Å²) in [5, 5.41) is 0. The maximum absolute atomic E-state index is 3.86. The number of rotatable bonds is 8. The number of allylic oxidation sites excluding steroid dienone is 8. The van der Waals surface area contributed by atoms with Crippen LogP contribution in [0.4, 0.5) is 0 Å². The number of halogens is 2. The van der Waals surface area contributed by atoms with Gasteiger partial charge in [-0.15, -0.1) is 46.5 Å². The van der Waals surface area contributed by atoms with Crippen LogP contribution in [0.2, 0.25) is 13.1 Å². The summed E-state index contributed by atoms with van der Waals surface area (Å²) in [5.41, 5.74) is 17.7. The molecule has 312 valence electrons. The third kappa shape index (κ3) is 11.6. The number of benzene rings is 8.